The number of carbonyl (C=O) groups is 1. The summed E-state index contributed by atoms with van der Waals surface area (Å²) in [6, 6.07) is 3.67. The van der Waals surface area contributed by atoms with Gasteiger partial charge in [0.25, 0.3) is 0 Å². The van der Waals surface area contributed by atoms with Crippen molar-refractivity contribution in [3.05, 3.63) is 35.8 Å². The van der Waals surface area contributed by atoms with Gasteiger partial charge in [-0.1, -0.05) is 34.8 Å². The Morgan fingerprint density at radius 1 is 1.32 bits per heavy atom. The van der Waals surface area contributed by atoms with Gasteiger partial charge < -0.3 is 4.74 Å². The van der Waals surface area contributed by atoms with Crippen LogP contribution in [0.15, 0.2) is 24.4 Å². The van der Waals surface area contributed by atoms with Gasteiger partial charge in [0.2, 0.25) is 3.79 Å². The molecule has 0 unspecified atom stereocenters. The first-order valence-corrected chi connectivity index (χ1v) is 7.69. The average Bonchev–Trinajstić information content (AvgIpc) is 2.96. The molecule has 2 rings (SSSR count). The second kappa shape index (κ2) is 7.27. The van der Waals surface area contributed by atoms with Crippen molar-refractivity contribution in [1.82, 2.24) is 15.2 Å². The van der Waals surface area contributed by atoms with Gasteiger partial charge in [-0.2, -0.15) is 18.3 Å². The Bertz CT molecular complexity index is 744. The number of rotatable bonds is 3. The molecule has 25 heavy (non-hydrogen) atoms. The Kier molecular flexibility index (Phi) is 5.70. The van der Waals surface area contributed by atoms with Crippen molar-refractivity contribution in [3.63, 3.8) is 0 Å². The number of hydrogen-bond donors (Lipinski definition) is 1. The summed E-state index contributed by atoms with van der Waals surface area (Å²) in [6.45, 7) is 1.09. The molecule has 136 valence electrons. The maximum atomic E-state index is 12.8. The monoisotopic (exact) mass is 416 g/mol. The van der Waals surface area contributed by atoms with Crippen molar-refractivity contribution in [2.24, 2.45) is 0 Å². The summed E-state index contributed by atoms with van der Waals surface area (Å²) in [5, 5.41) is 5.31. The van der Waals surface area contributed by atoms with E-state index < -0.39 is 28.4 Å². The third kappa shape index (κ3) is 5.38. The fourth-order valence-corrected chi connectivity index (χ4v) is 1.87. The van der Waals surface area contributed by atoms with Gasteiger partial charge >= 0.3 is 12.3 Å². The summed E-state index contributed by atoms with van der Waals surface area (Å²) >= 11 is 16.5. The standard InChI is InChI=1S/C13H10Cl3F3N4O2/c1-7-2-3-8(5-20-7)23(11(24)25-6-12(14,15)16)10-4-9(21-22-10)13(17,18)19/h2-5H,6H2,1H3,(H,21,22). The van der Waals surface area contributed by atoms with E-state index in [4.69, 9.17) is 39.5 Å². The van der Waals surface area contributed by atoms with Crippen molar-refractivity contribution in [2.75, 3.05) is 11.5 Å². The number of hydrogen-bond acceptors (Lipinski definition) is 4. The molecule has 12 heteroatoms. The number of nitrogens with one attached hydrogen (secondary N) is 1. The van der Waals surface area contributed by atoms with Gasteiger partial charge in [-0.25, -0.2) is 9.69 Å². The minimum Gasteiger partial charge on any atom is -0.444 e. The van der Waals surface area contributed by atoms with Crippen LogP contribution in [0.2, 0.25) is 0 Å². The minimum absolute atomic E-state index is 0.125. The molecule has 2 aromatic rings. The predicted molar refractivity (Wildman–Crippen MR) is 86.3 cm³/mol. The van der Waals surface area contributed by atoms with Gasteiger partial charge in [0.05, 0.1) is 11.9 Å². The van der Waals surface area contributed by atoms with Crippen LogP contribution in [0.4, 0.5) is 29.5 Å². The molecule has 0 atom stereocenters. The maximum absolute atomic E-state index is 12.8. The Balaban J connectivity index is 2.37. The molecule has 0 saturated heterocycles. The molecule has 0 aromatic carbocycles. The summed E-state index contributed by atoms with van der Waals surface area (Å²) in [4.78, 5) is 17.1. The SMILES string of the molecule is Cc1ccc(N(C(=O)OCC(Cl)(Cl)Cl)c2cc(C(F)(F)F)[nH]n2)cn1. The largest absolute Gasteiger partial charge is 0.444 e. The lowest BCUT2D eigenvalue weighted by atomic mass is 10.3. The number of halogens is 6. The molecule has 0 saturated carbocycles. The van der Waals surface area contributed by atoms with Crippen molar-refractivity contribution >= 4 is 52.4 Å². The zero-order chi connectivity index (χ0) is 18.8. The lowest BCUT2D eigenvalue weighted by Crippen LogP contribution is -2.30. The first-order valence-electron chi connectivity index (χ1n) is 6.56. The quantitative estimate of drug-likeness (QED) is 0.730. The van der Waals surface area contributed by atoms with Crippen molar-refractivity contribution in [3.8, 4) is 0 Å². The number of ether oxygens (including phenoxy) is 1. The highest BCUT2D eigenvalue weighted by atomic mass is 35.6. The highest BCUT2D eigenvalue weighted by Crippen LogP contribution is 2.33. The molecule has 6 nitrogen and oxygen atoms in total. The fourth-order valence-electron chi connectivity index (χ4n) is 1.70. The molecule has 2 aromatic heterocycles. The Labute approximate surface area is 154 Å². The molecule has 0 radical (unpaired) electrons. The van der Waals surface area contributed by atoms with Crippen LogP contribution in [-0.2, 0) is 10.9 Å². The third-order valence-corrected chi connectivity index (χ3v) is 3.12. The summed E-state index contributed by atoms with van der Waals surface area (Å²) in [6.07, 6.45) is -4.48. The van der Waals surface area contributed by atoms with E-state index in [-0.39, 0.29) is 11.5 Å². The van der Waals surface area contributed by atoms with Gasteiger partial charge in [0.1, 0.15) is 12.3 Å². The number of aromatic nitrogens is 3. The molecule has 0 aliphatic heterocycles. The third-order valence-electron chi connectivity index (χ3n) is 2.79. The van der Waals surface area contributed by atoms with E-state index in [0.29, 0.717) is 11.8 Å². The second-order valence-electron chi connectivity index (χ2n) is 4.80. The normalized spacial score (nSPS) is 12.1. The lowest BCUT2D eigenvalue weighted by molar-refractivity contribution is -0.141. The topological polar surface area (TPSA) is 71.1 Å². The highest BCUT2D eigenvalue weighted by molar-refractivity contribution is 6.67. The predicted octanol–water partition coefficient (Wildman–Crippen LogP) is 4.78. The number of amides is 1. The average molecular weight is 418 g/mol. The molecule has 0 aliphatic carbocycles. The second-order valence-corrected chi connectivity index (χ2v) is 7.32. The van der Waals surface area contributed by atoms with E-state index in [9.17, 15) is 18.0 Å². The number of aromatic amines is 1. The van der Waals surface area contributed by atoms with Crippen LogP contribution in [0, 0.1) is 6.92 Å². The van der Waals surface area contributed by atoms with Crippen LogP contribution in [0.1, 0.15) is 11.4 Å². The first kappa shape index (κ1) is 19.6. The van der Waals surface area contributed by atoms with Crippen molar-refractivity contribution in [1.29, 1.82) is 0 Å². The smallest absolute Gasteiger partial charge is 0.432 e. The lowest BCUT2D eigenvalue weighted by Gasteiger charge is -2.21. The number of anilines is 2. The number of pyridine rings is 1. The Morgan fingerprint density at radius 3 is 2.48 bits per heavy atom. The molecule has 0 spiro atoms. The fraction of sp³-hybridized carbons (Fsp3) is 0.308. The highest BCUT2D eigenvalue weighted by Gasteiger charge is 2.35. The van der Waals surface area contributed by atoms with E-state index in [1.54, 1.807) is 13.0 Å². The Hall–Kier alpha value is -1.71. The van der Waals surface area contributed by atoms with E-state index >= 15 is 0 Å². The Morgan fingerprint density at radius 2 is 2.00 bits per heavy atom. The van der Waals surface area contributed by atoms with E-state index in [1.807, 2.05) is 5.10 Å². The van der Waals surface area contributed by atoms with Crippen LogP contribution in [0.3, 0.4) is 0 Å². The molecular weight excluding hydrogens is 408 g/mol. The number of aryl methyl sites for hydroxylation is 1. The van der Waals surface area contributed by atoms with Gasteiger partial charge in [-0.15, -0.1) is 0 Å². The van der Waals surface area contributed by atoms with Gasteiger partial charge in [0.15, 0.2) is 5.82 Å². The minimum atomic E-state index is -4.66. The summed E-state index contributed by atoms with van der Waals surface area (Å²) in [5.41, 5.74) is -0.377. The number of alkyl halides is 6. The summed E-state index contributed by atoms with van der Waals surface area (Å²) in [5.74, 6) is -0.354. The summed E-state index contributed by atoms with van der Waals surface area (Å²) in [7, 11) is 0. The number of H-pyrrole nitrogens is 1. The van der Waals surface area contributed by atoms with Crippen molar-refractivity contribution < 1.29 is 22.7 Å². The number of carbonyl (C=O) groups excluding carboxylic acids is 1. The van der Waals surface area contributed by atoms with Crippen LogP contribution in [-0.4, -0.2) is 31.7 Å². The van der Waals surface area contributed by atoms with Gasteiger partial charge in [0, 0.05) is 11.8 Å². The zero-order valence-corrected chi connectivity index (χ0v) is 14.7. The zero-order valence-electron chi connectivity index (χ0n) is 12.4. The van der Waals surface area contributed by atoms with Crippen LogP contribution >= 0.6 is 34.8 Å². The van der Waals surface area contributed by atoms with Crippen LogP contribution < -0.4 is 4.90 Å². The first-order chi connectivity index (χ1) is 11.5. The van der Waals surface area contributed by atoms with Gasteiger partial charge in [-0.3, -0.25) is 10.1 Å². The molecule has 1 N–H and O–H groups in total. The molecule has 0 bridgehead atoms. The molecule has 1 amide bonds. The maximum Gasteiger partial charge on any atom is 0.432 e. The molecule has 0 fully saturated rings. The molecule has 0 aliphatic rings. The van der Waals surface area contributed by atoms with Crippen molar-refractivity contribution in [2.45, 2.75) is 16.9 Å². The summed E-state index contributed by atoms with van der Waals surface area (Å²) < 4.78 is 41.2. The van der Waals surface area contributed by atoms with Crippen LogP contribution in [0.5, 0.6) is 0 Å². The van der Waals surface area contributed by atoms with E-state index in [1.165, 1.54) is 12.3 Å². The molecule has 2 heterocycles. The van der Waals surface area contributed by atoms with Gasteiger partial charge in [-0.05, 0) is 19.1 Å². The van der Waals surface area contributed by atoms with E-state index in [0.717, 1.165) is 4.90 Å². The molecular formula is C13H10Cl3F3N4O2. The van der Waals surface area contributed by atoms with Crippen LogP contribution in [0.25, 0.3) is 0 Å². The number of nitrogens with zero attached hydrogens (tertiary/aromatic N) is 3. The van der Waals surface area contributed by atoms with E-state index in [2.05, 4.69) is 10.1 Å².